The first-order valence-corrected chi connectivity index (χ1v) is 6.93. The molecule has 1 aliphatic rings. The molecule has 0 spiro atoms. The smallest absolute Gasteiger partial charge is 0.330 e. The second-order valence-corrected chi connectivity index (χ2v) is 5.06. The quantitative estimate of drug-likeness (QED) is 0.756. The summed E-state index contributed by atoms with van der Waals surface area (Å²) in [6.07, 6.45) is 9.40. The van der Waals surface area contributed by atoms with E-state index >= 15 is 0 Å². The Bertz CT molecular complexity index is 868. The molecule has 1 aliphatic carbocycles. The van der Waals surface area contributed by atoms with Gasteiger partial charge in [-0.1, -0.05) is 18.2 Å². The average molecular weight is 278 g/mol. The topological polar surface area (TPSA) is 66.5 Å². The van der Waals surface area contributed by atoms with Gasteiger partial charge in [-0.15, -0.1) is 0 Å². The van der Waals surface area contributed by atoms with Crippen LogP contribution in [0, 0.1) is 0 Å². The molecule has 3 aromatic rings. The third kappa shape index (κ3) is 1.94. The Morgan fingerprint density at radius 1 is 1.29 bits per heavy atom. The van der Waals surface area contributed by atoms with Crippen molar-refractivity contribution < 1.29 is 0 Å². The monoisotopic (exact) mass is 278 g/mol. The highest BCUT2D eigenvalue weighted by Crippen LogP contribution is 2.22. The van der Waals surface area contributed by atoms with Crippen LogP contribution in [0.1, 0.15) is 17.8 Å². The molecule has 0 unspecified atom stereocenters. The van der Waals surface area contributed by atoms with E-state index in [4.69, 9.17) is 0 Å². The second kappa shape index (κ2) is 4.63. The number of rotatable bonds is 2. The van der Waals surface area contributed by atoms with Crippen molar-refractivity contribution in [3.8, 4) is 17.1 Å². The van der Waals surface area contributed by atoms with Gasteiger partial charge in [0.1, 0.15) is 5.82 Å². The zero-order chi connectivity index (χ0) is 14.2. The molecule has 0 radical (unpaired) electrons. The van der Waals surface area contributed by atoms with Crippen LogP contribution >= 0.6 is 0 Å². The van der Waals surface area contributed by atoms with Crippen LogP contribution in [0.5, 0.6) is 0 Å². The summed E-state index contributed by atoms with van der Waals surface area (Å²) in [5.74, 6) is 0.800. The number of fused-ring (bicyclic) bond motifs is 1. The molecule has 0 bridgehead atoms. The molecule has 2 aromatic heterocycles. The maximum atomic E-state index is 12.3. The van der Waals surface area contributed by atoms with Crippen molar-refractivity contribution in [3.05, 3.63) is 64.6 Å². The number of nitrogens with one attached hydrogen (secondary N) is 2. The Labute approximate surface area is 121 Å². The first kappa shape index (κ1) is 12.0. The zero-order valence-corrected chi connectivity index (χ0v) is 11.3. The predicted molar refractivity (Wildman–Crippen MR) is 81.3 cm³/mol. The molecule has 104 valence electrons. The molecule has 1 aromatic carbocycles. The molecule has 0 saturated carbocycles. The Balaban J connectivity index is 1.88. The summed E-state index contributed by atoms with van der Waals surface area (Å²) in [7, 11) is 0. The molecule has 2 heterocycles. The van der Waals surface area contributed by atoms with Gasteiger partial charge in [-0.05, 0) is 31.1 Å². The normalized spacial score (nSPS) is 13.3. The van der Waals surface area contributed by atoms with E-state index < -0.39 is 0 Å². The van der Waals surface area contributed by atoms with Crippen LogP contribution in [0.2, 0.25) is 0 Å². The fraction of sp³-hybridized carbons (Fsp3) is 0.125. The number of aromatic nitrogens is 4. The molecule has 0 atom stereocenters. The summed E-state index contributed by atoms with van der Waals surface area (Å²) >= 11 is 0. The number of benzene rings is 1. The van der Waals surface area contributed by atoms with Gasteiger partial charge < -0.3 is 9.97 Å². The Morgan fingerprint density at radius 3 is 3.10 bits per heavy atom. The number of hydrogen-bond acceptors (Lipinski definition) is 2. The first-order chi connectivity index (χ1) is 10.3. The summed E-state index contributed by atoms with van der Waals surface area (Å²) in [6, 6.07) is 7.84. The summed E-state index contributed by atoms with van der Waals surface area (Å²) in [6.45, 7) is 0. The molecule has 5 heteroatoms. The van der Waals surface area contributed by atoms with Crippen LogP contribution in [0.3, 0.4) is 0 Å². The van der Waals surface area contributed by atoms with Gasteiger partial charge in [0.05, 0.1) is 17.1 Å². The minimum Gasteiger partial charge on any atom is -0.345 e. The van der Waals surface area contributed by atoms with Gasteiger partial charge in [-0.3, -0.25) is 4.57 Å². The van der Waals surface area contributed by atoms with E-state index in [9.17, 15) is 4.79 Å². The lowest BCUT2D eigenvalue weighted by atomic mass is 10.1. The minimum absolute atomic E-state index is 0.0943. The molecular weight excluding hydrogens is 264 g/mol. The highest BCUT2D eigenvalue weighted by atomic mass is 16.1. The second-order valence-electron chi connectivity index (χ2n) is 5.06. The van der Waals surface area contributed by atoms with Gasteiger partial charge in [-0.25, -0.2) is 9.78 Å². The van der Waals surface area contributed by atoms with Gasteiger partial charge in [0.15, 0.2) is 0 Å². The zero-order valence-electron chi connectivity index (χ0n) is 11.3. The lowest BCUT2D eigenvalue weighted by molar-refractivity contribution is 0.856. The van der Waals surface area contributed by atoms with Gasteiger partial charge in [0.2, 0.25) is 0 Å². The number of hydrogen-bond donors (Lipinski definition) is 2. The highest BCUT2D eigenvalue weighted by molar-refractivity contribution is 5.60. The lowest BCUT2D eigenvalue weighted by Crippen LogP contribution is -2.17. The van der Waals surface area contributed by atoms with E-state index in [1.54, 1.807) is 17.0 Å². The number of H-pyrrole nitrogens is 2. The van der Waals surface area contributed by atoms with E-state index in [2.05, 4.69) is 21.0 Å². The predicted octanol–water partition coefficient (Wildman–Crippen LogP) is 2.52. The molecule has 0 fully saturated rings. The van der Waals surface area contributed by atoms with E-state index in [-0.39, 0.29) is 5.69 Å². The summed E-state index contributed by atoms with van der Waals surface area (Å²) < 4.78 is 1.76. The number of aromatic amines is 2. The number of imidazole rings is 2. The minimum atomic E-state index is -0.0943. The van der Waals surface area contributed by atoms with Crippen LogP contribution < -0.4 is 5.69 Å². The van der Waals surface area contributed by atoms with Crippen molar-refractivity contribution >= 4 is 6.08 Å². The molecule has 2 N–H and O–H groups in total. The van der Waals surface area contributed by atoms with Crippen LogP contribution in [0.4, 0.5) is 0 Å². The molecule has 5 nitrogen and oxygen atoms in total. The lowest BCUT2D eigenvalue weighted by Gasteiger charge is -2.11. The van der Waals surface area contributed by atoms with Crippen molar-refractivity contribution in [2.45, 2.75) is 12.8 Å². The molecule has 0 aliphatic heterocycles. The maximum absolute atomic E-state index is 12.3. The third-order valence-corrected chi connectivity index (χ3v) is 3.73. The first-order valence-electron chi connectivity index (χ1n) is 6.93. The fourth-order valence-corrected chi connectivity index (χ4v) is 2.78. The molecule has 0 amide bonds. The number of allylic oxidation sites excluding steroid dienone is 1. The van der Waals surface area contributed by atoms with Gasteiger partial charge in [0, 0.05) is 18.0 Å². The van der Waals surface area contributed by atoms with Gasteiger partial charge in [-0.2, -0.15) is 0 Å². The Kier molecular flexibility index (Phi) is 2.64. The van der Waals surface area contributed by atoms with Crippen LogP contribution in [-0.2, 0) is 6.42 Å². The summed E-state index contributed by atoms with van der Waals surface area (Å²) in [5.41, 5.74) is 3.68. The van der Waals surface area contributed by atoms with E-state index in [0.29, 0.717) is 0 Å². The van der Waals surface area contributed by atoms with E-state index in [1.807, 2.05) is 30.3 Å². The van der Waals surface area contributed by atoms with Crippen molar-refractivity contribution in [1.82, 2.24) is 19.5 Å². The number of nitrogens with zero attached hydrogens (tertiary/aromatic N) is 2. The highest BCUT2D eigenvalue weighted by Gasteiger charge is 2.16. The SMILES string of the molecule is O=c1[nH]c2c(n1-c1cccc(-c3ncc[nH]3)c1)CCC=C2. The van der Waals surface area contributed by atoms with Gasteiger partial charge >= 0.3 is 5.69 Å². The third-order valence-electron chi connectivity index (χ3n) is 3.73. The summed E-state index contributed by atoms with van der Waals surface area (Å²) in [4.78, 5) is 22.5. The van der Waals surface area contributed by atoms with Gasteiger partial charge in [0.25, 0.3) is 0 Å². The molecular formula is C16H14N4O. The van der Waals surface area contributed by atoms with Crippen molar-refractivity contribution in [2.24, 2.45) is 0 Å². The average Bonchev–Trinajstić information content (AvgIpc) is 3.14. The summed E-state index contributed by atoms with van der Waals surface area (Å²) in [5, 5.41) is 0. The van der Waals surface area contributed by atoms with Crippen LogP contribution in [-0.4, -0.2) is 19.5 Å². The molecule has 4 rings (SSSR count). The van der Waals surface area contributed by atoms with Crippen LogP contribution in [0.15, 0.2) is 47.5 Å². The largest absolute Gasteiger partial charge is 0.345 e. The maximum Gasteiger partial charge on any atom is 0.330 e. The van der Waals surface area contributed by atoms with Crippen molar-refractivity contribution in [1.29, 1.82) is 0 Å². The van der Waals surface area contributed by atoms with E-state index in [1.165, 1.54) is 0 Å². The Morgan fingerprint density at radius 2 is 2.24 bits per heavy atom. The van der Waals surface area contributed by atoms with Crippen molar-refractivity contribution in [3.63, 3.8) is 0 Å². The van der Waals surface area contributed by atoms with Crippen molar-refractivity contribution in [2.75, 3.05) is 0 Å². The molecule has 21 heavy (non-hydrogen) atoms. The standard InChI is InChI=1S/C16H14N4O/c21-16-19-13-6-1-2-7-14(13)20(16)12-5-3-4-11(10-12)15-17-8-9-18-15/h1,3-6,8-10H,2,7H2,(H,17,18)(H,19,21). The Hall–Kier alpha value is -2.82. The molecule has 0 saturated heterocycles. The van der Waals surface area contributed by atoms with E-state index in [0.717, 1.165) is 41.3 Å². The van der Waals surface area contributed by atoms with Crippen LogP contribution in [0.25, 0.3) is 23.2 Å². The fourth-order valence-electron chi connectivity index (χ4n) is 2.78.